The molecule has 0 bridgehead atoms. The highest BCUT2D eigenvalue weighted by atomic mass is 35.5. The largest absolute Gasteiger partial charge is 0.454 e. The van der Waals surface area contributed by atoms with Gasteiger partial charge in [-0.2, -0.15) is 4.31 Å². The number of piperazine rings is 1. The van der Waals surface area contributed by atoms with Crippen molar-refractivity contribution >= 4 is 33.1 Å². The first-order valence-corrected chi connectivity index (χ1v) is 11.8. The number of hydrogen-bond donors (Lipinski definition) is 0. The summed E-state index contributed by atoms with van der Waals surface area (Å²) in [7, 11) is -3.65. The molecule has 0 amide bonds. The van der Waals surface area contributed by atoms with Crippen molar-refractivity contribution in [3.8, 4) is 11.5 Å². The maximum atomic E-state index is 13.1. The fourth-order valence-electron chi connectivity index (χ4n) is 3.84. The number of benzene rings is 3. The zero-order chi connectivity index (χ0) is 21.4. The van der Waals surface area contributed by atoms with Gasteiger partial charge in [0.1, 0.15) is 22.2 Å². The molecule has 0 saturated carbocycles. The first-order valence-electron chi connectivity index (χ1n) is 9.99. The fraction of sp³-hybridized carbons (Fsp3) is 0.174. The van der Waals surface area contributed by atoms with E-state index in [4.69, 9.17) is 21.3 Å². The van der Waals surface area contributed by atoms with Crippen molar-refractivity contribution < 1.29 is 13.2 Å². The zero-order valence-corrected chi connectivity index (χ0v) is 18.2. The van der Waals surface area contributed by atoms with E-state index in [-0.39, 0.29) is 9.92 Å². The van der Waals surface area contributed by atoms with Gasteiger partial charge < -0.3 is 9.64 Å². The fourth-order valence-corrected chi connectivity index (χ4v) is 5.76. The summed E-state index contributed by atoms with van der Waals surface area (Å²) in [6, 6.07) is 22.0. The van der Waals surface area contributed by atoms with Gasteiger partial charge >= 0.3 is 0 Å². The van der Waals surface area contributed by atoms with Crippen LogP contribution in [0.2, 0.25) is 5.02 Å². The third-order valence-corrected chi connectivity index (χ3v) is 7.83. The van der Waals surface area contributed by atoms with E-state index in [1.165, 1.54) is 4.31 Å². The van der Waals surface area contributed by atoms with E-state index in [9.17, 15) is 8.42 Å². The standard InChI is InChI=1S/C23H20ClN3O3S/c24-18-8-2-6-12-22(18)31(28,29)27-15-13-26(14-16-27)23-17-7-1-4-10-20(17)30-21-11-5-3-9-19(21)25-23/h1-12H,13-16H2. The molecule has 1 saturated heterocycles. The van der Waals surface area contributed by atoms with Gasteiger partial charge in [0, 0.05) is 26.2 Å². The number of fused-ring (bicyclic) bond motifs is 2. The van der Waals surface area contributed by atoms with E-state index < -0.39 is 10.0 Å². The van der Waals surface area contributed by atoms with Gasteiger partial charge in [-0.15, -0.1) is 0 Å². The van der Waals surface area contributed by atoms with Gasteiger partial charge in [0.15, 0.2) is 5.75 Å². The Morgan fingerprint density at radius 3 is 2.23 bits per heavy atom. The molecule has 8 heteroatoms. The van der Waals surface area contributed by atoms with Crippen molar-refractivity contribution in [1.29, 1.82) is 0 Å². The lowest BCUT2D eigenvalue weighted by Crippen LogP contribution is -2.50. The maximum absolute atomic E-state index is 13.1. The topological polar surface area (TPSA) is 62.2 Å². The third kappa shape index (κ3) is 3.69. The SMILES string of the molecule is O=S(=O)(c1ccccc1Cl)N1CCN(C2=Nc3ccccc3Oc3ccccc32)CC1. The minimum atomic E-state index is -3.65. The molecule has 0 aliphatic carbocycles. The molecule has 2 heterocycles. The number of nitrogens with zero attached hydrogens (tertiary/aromatic N) is 3. The summed E-state index contributed by atoms with van der Waals surface area (Å²) >= 11 is 6.15. The second kappa shape index (κ2) is 8.00. The lowest BCUT2D eigenvalue weighted by molar-refractivity contribution is 0.266. The Hall–Kier alpha value is -2.87. The van der Waals surface area contributed by atoms with Crippen LogP contribution in [-0.2, 0) is 10.0 Å². The number of sulfonamides is 1. The zero-order valence-electron chi connectivity index (χ0n) is 16.6. The third-order valence-electron chi connectivity index (χ3n) is 5.43. The van der Waals surface area contributed by atoms with Gasteiger partial charge in [-0.25, -0.2) is 13.4 Å². The molecule has 0 atom stereocenters. The molecule has 158 valence electrons. The van der Waals surface area contributed by atoms with Crippen LogP contribution in [0.5, 0.6) is 11.5 Å². The second-order valence-electron chi connectivity index (χ2n) is 7.32. The van der Waals surface area contributed by atoms with Crippen LogP contribution in [-0.4, -0.2) is 49.6 Å². The average Bonchev–Trinajstić information content (AvgIpc) is 2.96. The molecule has 0 radical (unpaired) electrons. The van der Waals surface area contributed by atoms with Crippen molar-refractivity contribution in [2.24, 2.45) is 4.99 Å². The van der Waals surface area contributed by atoms with E-state index in [1.54, 1.807) is 24.3 Å². The molecular formula is C23H20ClN3O3S. The number of halogens is 1. The van der Waals surface area contributed by atoms with Crippen molar-refractivity contribution in [3.63, 3.8) is 0 Å². The minimum Gasteiger partial charge on any atom is -0.454 e. The van der Waals surface area contributed by atoms with Gasteiger partial charge in [0.25, 0.3) is 0 Å². The van der Waals surface area contributed by atoms with Crippen LogP contribution in [0.25, 0.3) is 0 Å². The molecule has 0 aromatic heterocycles. The van der Waals surface area contributed by atoms with Crippen LogP contribution in [0.3, 0.4) is 0 Å². The number of hydrogen-bond acceptors (Lipinski definition) is 5. The molecule has 2 aliphatic rings. The maximum Gasteiger partial charge on any atom is 0.244 e. The smallest absolute Gasteiger partial charge is 0.244 e. The van der Waals surface area contributed by atoms with Crippen molar-refractivity contribution in [2.75, 3.05) is 26.2 Å². The molecule has 3 aromatic rings. The summed E-state index contributed by atoms with van der Waals surface area (Å²) in [5.74, 6) is 2.22. The number of aliphatic imine (C=N–C) groups is 1. The Balaban J connectivity index is 1.44. The molecule has 0 spiro atoms. The second-order valence-corrected chi connectivity index (χ2v) is 9.64. The van der Waals surface area contributed by atoms with E-state index in [0.717, 1.165) is 22.8 Å². The van der Waals surface area contributed by atoms with Crippen LogP contribution < -0.4 is 4.74 Å². The summed E-state index contributed by atoms with van der Waals surface area (Å²) in [5.41, 5.74) is 1.64. The average molecular weight is 454 g/mol. The Morgan fingerprint density at radius 1 is 0.806 bits per heavy atom. The van der Waals surface area contributed by atoms with Gasteiger partial charge in [-0.05, 0) is 36.4 Å². The summed E-state index contributed by atoms with van der Waals surface area (Å²) < 4.78 is 33.8. The highest BCUT2D eigenvalue weighted by Crippen LogP contribution is 2.38. The number of para-hydroxylation sites is 3. The van der Waals surface area contributed by atoms with E-state index in [0.29, 0.717) is 31.9 Å². The molecule has 3 aromatic carbocycles. The van der Waals surface area contributed by atoms with Crippen molar-refractivity contribution in [3.05, 3.63) is 83.4 Å². The van der Waals surface area contributed by atoms with E-state index >= 15 is 0 Å². The van der Waals surface area contributed by atoms with Crippen molar-refractivity contribution in [2.45, 2.75) is 4.90 Å². The Morgan fingerprint density at radius 2 is 1.45 bits per heavy atom. The molecule has 6 nitrogen and oxygen atoms in total. The number of amidine groups is 1. The summed E-state index contributed by atoms with van der Waals surface area (Å²) in [4.78, 5) is 7.15. The lowest BCUT2D eigenvalue weighted by atomic mass is 10.1. The van der Waals surface area contributed by atoms with Crippen LogP contribution in [0.4, 0.5) is 5.69 Å². The van der Waals surface area contributed by atoms with Crippen molar-refractivity contribution in [1.82, 2.24) is 9.21 Å². The van der Waals surface area contributed by atoms with Crippen LogP contribution in [0, 0.1) is 0 Å². The van der Waals surface area contributed by atoms with E-state index in [1.807, 2.05) is 48.5 Å². The first kappa shape index (κ1) is 20.1. The van der Waals surface area contributed by atoms with Gasteiger partial charge in [0.2, 0.25) is 10.0 Å². The predicted molar refractivity (Wildman–Crippen MR) is 121 cm³/mol. The Labute approximate surface area is 186 Å². The lowest BCUT2D eigenvalue weighted by Gasteiger charge is -2.36. The Kier molecular flexibility index (Phi) is 5.17. The van der Waals surface area contributed by atoms with Gasteiger partial charge in [0.05, 0.1) is 10.6 Å². The molecular weight excluding hydrogens is 434 g/mol. The van der Waals surface area contributed by atoms with Crippen LogP contribution in [0.15, 0.2) is 82.7 Å². The molecule has 31 heavy (non-hydrogen) atoms. The molecule has 0 unspecified atom stereocenters. The highest BCUT2D eigenvalue weighted by Gasteiger charge is 2.32. The summed E-state index contributed by atoms with van der Waals surface area (Å²) in [6.45, 7) is 1.71. The van der Waals surface area contributed by atoms with Crippen LogP contribution in [0.1, 0.15) is 5.56 Å². The van der Waals surface area contributed by atoms with Crippen LogP contribution >= 0.6 is 11.6 Å². The monoisotopic (exact) mass is 453 g/mol. The van der Waals surface area contributed by atoms with Gasteiger partial charge in [-0.3, -0.25) is 0 Å². The van der Waals surface area contributed by atoms with Gasteiger partial charge in [-0.1, -0.05) is 48.0 Å². The summed E-state index contributed by atoms with van der Waals surface area (Å²) in [6.07, 6.45) is 0. The first-order chi connectivity index (χ1) is 15.0. The molecule has 2 aliphatic heterocycles. The van der Waals surface area contributed by atoms with E-state index in [2.05, 4.69) is 4.90 Å². The highest BCUT2D eigenvalue weighted by molar-refractivity contribution is 7.89. The molecule has 1 fully saturated rings. The molecule has 5 rings (SSSR count). The quantitative estimate of drug-likeness (QED) is 0.572. The Bertz CT molecular complexity index is 1270. The number of ether oxygens (including phenoxy) is 1. The normalized spacial score (nSPS) is 16.5. The minimum absolute atomic E-state index is 0.143. The molecule has 0 N–H and O–H groups in total. The summed E-state index contributed by atoms with van der Waals surface area (Å²) in [5, 5.41) is 0.237. The predicted octanol–water partition coefficient (Wildman–Crippen LogP) is 4.53. The number of rotatable bonds is 2.